The van der Waals surface area contributed by atoms with E-state index in [0.717, 1.165) is 44.9 Å². The minimum Gasteiger partial charge on any atom is -0.481 e. The standard InChI is InChI=1S/C20H30O3/c1-2-18-19(23-18)16-14-12-10-8-6-4-3-5-7-9-11-13-15-17-20(21)22/h3,5-6,8-9,11-12,14,18-19H,2,4,7,10,13,15-17H2,1H3,(H,21,22)/b5-3+,8-6-,11-9-,14-12-. The number of hydrogen-bond donors (Lipinski definition) is 1. The molecule has 3 nitrogen and oxygen atoms in total. The van der Waals surface area contributed by atoms with Crippen molar-refractivity contribution in [2.24, 2.45) is 0 Å². The van der Waals surface area contributed by atoms with E-state index < -0.39 is 5.97 Å². The zero-order valence-corrected chi connectivity index (χ0v) is 14.2. The minimum atomic E-state index is -0.717. The molecule has 0 aromatic heterocycles. The Hall–Kier alpha value is -1.61. The second kappa shape index (κ2) is 12.9. The number of allylic oxidation sites excluding steroid dienone is 7. The molecule has 0 amide bonds. The number of epoxide rings is 1. The van der Waals surface area contributed by atoms with Crippen LogP contribution in [0.5, 0.6) is 0 Å². The number of hydrogen-bond acceptors (Lipinski definition) is 2. The average molecular weight is 318 g/mol. The molecule has 0 saturated carbocycles. The van der Waals surface area contributed by atoms with Crippen molar-refractivity contribution in [2.45, 2.75) is 70.5 Å². The molecular formula is C20H30O3. The highest BCUT2D eigenvalue weighted by Crippen LogP contribution is 2.28. The van der Waals surface area contributed by atoms with E-state index in [4.69, 9.17) is 9.84 Å². The van der Waals surface area contributed by atoms with Crippen molar-refractivity contribution in [3.8, 4) is 0 Å². The Balaban J connectivity index is 1.90. The van der Waals surface area contributed by atoms with Crippen molar-refractivity contribution in [3.63, 3.8) is 0 Å². The molecule has 0 bridgehead atoms. The lowest BCUT2D eigenvalue weighted by atomic mass is 10.2. The van der Waals surface area contributed by atoms with Crippen LogP contribution in [0.4, 0.5) is 0 Å². The third-order valence-electron chi connectivity index (χ3n) is 3.70. The molecule has 1 rings (SSSR count). The maximum Gasteiger partial charge on any atom is 0.303 e. The van der Waals surface area contributed by atoms with Crippen LogP contribution < -0.4 is 0 Å². The first-order valence-corrected chi connectivity index (χ1v) is 8.71. The first kappa shape index (κ1) is 19.4. The predicted octanol–water partition coefficient (Wildman–Crippen LogP) is 5.20. The molecule has 23 heavy (non-hydrogen) atoms. The number of carboxylic acids is 1. The average Bonchev–Trinajstić information content (AvgIpc) is 3.29. The zero-order chi connectivity index (χ0) is 16.8. The molecule has 0 radical (unpaired) electrons. The van der Waals surface area contributed by atoms with Crippen LogP contribution in [0.2, 0.25) is 0 Å². The quantitative estimate of drug-likeness (QED) is 0.288. The molecule has 1 heterocycles. The summed E-state index contributed by atoms with van der Waals surface area (Å²) in [4.78, 5) is 10.3. The largest absolute Gasteiger partial charge is 0.481 e. The van der Waals surface area contributed by atoms with Crippen LogP contribution in [0.25, 0.3) is 0 Å². The molecule has 0 spiro atoms. The second-order valence-electron chi connectivity index (χ2n) is 5.74. The molecule has 3 heteroatoms. The van der Waals surface area contributed by atoms with E-state index in [1.165, 1.54) is 0 Å². The fourth-order valence-electron chi connectivity index (χ4n) is 2.28. The molecule has 1 saturated heterocycles. The highest BCUT2D eigenvalue weighted by Gasteiger charge is 2.35. The summed E-state index contributed by atoms with van der Waals surface area (Å²) in [7, 11) is 0. The maximum absolute atomic E-state index is 10.3. The van der Waals surface area contributed by atoms with E-state index in [1.54, 1.807) is 0 Å². The summed E-state index contributed by atoms with van der Waals surface area (Å²) in [5.74, 6) is -0.717. The van der Waals surface area contributed by atoms with E-state index in [2.05, 4.69) is 55.5 Å². The molecule has 2 unspecified atom stereocenters. The summed E-state index contributed by atoms with van der Waals surface area (Å²) in [6.45, 7) is 2.17. The van der Waals surface area contributed by atoms with E-state index >= 15 is 0 Å². The van der Waals surface area contributed by atoms with Gasteiger partial charge in [0.15, 0.2) is 0 Å². The molecule has 1 aliphatic rings. The number of unbranched alkanes of at least 4 members (excludes halogenated alkanes) is 1. The van der Waals surface area contributed by atoms with E-state index in [1.807, 2.05) is 0 Å². The lowest BCUT2D eigenvalue weighted by Crippen LogP contribution is -1.92. The molecule has 128 valence electrons. The molecule has 0 aromatic carbocycles. The van der Waals surface area contributed by atoms with Crippen LogP contribution in [-0.2, 0) is 9.53 Å². The summed E-state index contributed by atoms with van der Waals surface area (Å²) >= 11 is 0. The van der Waals surface area contributed by atoms with Crippen LogP contribution in [0.15, 0.2) is 48.6 Å². The highest BCUT2D eigenvalue weighted by atomic mass is 16.6. The summed E-state index contributed by atoms with van der Waals surface area (Å²) in [5.41, 5.74) is 0. The van der Waals surface area contributed by atoms with E-state index in [-0.39, 0.29) is 6.42 Å². The Kier molecular flexibility index (Phi) is 10.9. The Bertz CT molecular complexity index is 432. The number of rotatable bonds is 13. The molecule has 0 aliphatic carbocycles. The number of aliphatic carboxylic acids is 1. The monoisotopic (exact) mass is 318 g/mol. The van der Waals surface area contributed by atoms with Crippen LogP contribution >= 0.6 is 0 Å². The first-order valence-electron chi connectivity index (χ1n) is 8.71. The minimum absolute atomic E-state index is 0.256. The van der Waals surface area contributed by atoms with Crippen molar-refractivity contribution in [3.05, 3.63) is 48.6 Å². The van der Waals surface area contributed by atoms with Gasteiger partial charge >= 0.3 is 5.97 Å². The van der Waals surface area contributed by atoms with Gasteiger partial charge in [0.1, 0.15) is 0 Å². The smallest absolute Gasteiger partial charge is 0.303 e. The van der Waals surface area contributed by atoms with Gasteiger partial charge in [-0.15, -0.1) is 0 Å². The SMILES string of the molecule is CCC1OC1C/C=C\C/C=C\C/C=C/C/C=C\CCCC(=O)O. The van der Waals surface area contributed by atoms with Crippen LogP contribution in [0, 0.1) is 0 Å². The van der Waals surface area contributed by atoms with Gasteiger partial charge in [0, 0.05) is 6.42 Å². The first-order chi connectivity index (χ1) is 11.2. The Morgan fingerprint density at radius 1 is 0.913 bits per heavy atom. The number of ether oxygens (including phenoxy) is 1. The molecule has 1 N–H and O–H groups in total. The Labute approximate surface area is 140 Å². The number of carbonyl (C=O) groups is 1. The van der Waals surface area contributed by atoms with Crippen molar-refractivity contribution in [2.75, 3.05) is 0 Å². The normalized spacial score (nSPS) is 21.3. The molecule has 1 aliphatic heterocycles. The molecule has 2 atom stereocenters. The lowest BCUT2D eigenvalue weighted by molar-refractivity contribution is -0.137. The van der Waals surface area contributed by atoms with Gasteiger partial charge in [-0.2, -0.15) is 0 Å². The van der Waals surface area contributed by atoms with Crippen molar-refractivity contribution in [1.29, 1.82) is 0 Å². The lowest BCUT2D eigenvalue weighted by Gasteiger charge is -1.90. The van der Waals surface area contributed by atoms with Crippen molar-refractivity contribution in [1.82, 2.24) is 0 Å². The maximum atomic E-state index is 10.3. The fraction of sp³-hybridized carbons (Fsp3) is 0.550. The van der Waals surface area contributed by atoms with Crippen molar-refractivity contribution >= 4 is 5.97 Å². The Morgan fingerprint density at radius 2 is 1.48 bits per heavy atom. The van der Waals surface area contributed by atoms with Crippen LogP contribution in [0.1, 0.15) is 58.3 Å². The summed E-state index contributed by atoms with van der Waals surface area (Å²) in [6, 6.07) is 0. The van der Waals surface area contributed by atoms with Gasteiger partial charge < -0.3 is 9.84 Å². The van der Waals surface area contributed by atoms with Gasteiger partial charge in [-0.25, -0.2) is 0 Å². The van der Waals surface area contributed by atoms with Gasteiger partial charge in [0.25, 0.3) is 0 Å². The van der Waals surface area contributed by atoms with Gasteiger partial charge in [0.2, 0.25) is 0 Å². The third-order valence-corrected chi connectivity index (χ3v) is 3.70. The highest BCUT2D eigenvalue weighted by molar-refractivity contribution is 5.66. The molecule has 0 aromatic rings. The molecular weight excluding hydrogens is 288 g/mol. The van der Waals surface area contributed by atoms with E-state index in [0.29, 0.717) is 12.2 Å². The second-order valence-corrected chi connectivity index (χ2v) is 5.74. The summed E-state index contributed by atoms with van der Waals surface area (Å²) < 4.78 is 5.48. The van der Waals surface area contributed by atoms with Crippen LogP contribution in [0.3, 0.4) is 0 Å². The molecule has 1 fully saturated rings. The van der Waals surface area contributed by atoms with Crippen LogP contribution in [-0.4, -0.2) is 23.3 Å². The fourth-order valence-corrected chi connectivity index (χ4v) is 2.28. The predicted molar refractivity (Wildman–Crippen MR) is 95.5 cm³/mol. The van der Waals surface area contributed by atoms with E-state index in [9.17, 15) is 4.79 Å². The zero-order valence-electron chi connectivity index (χ0n) is 14.2. The number of carboxylic acid groups (broad SMARTS) is 1. The van der Waals surface area contributed by atoms with Crippen molar-refractivity contribution < 1.29 is 14.6 Å². The van der Waals surface area contributed by atoms with Gasteiger partial charge in [-0.3, -0.25) is 4.79 Å². The summed E-state index contributed by atoms with van der Waals surface area (Å²) in [5, 5.41) is 8.50. The summed E-state index contributed by atoms with van der Waals surface area (Å²) in [6.07, 6.45) is 25.1. The Morgan fingerprint density at radius 3 is 2.00 bits per heavy atom. The third kappa shape index (κ3) is 11.6. The van der Waals surface area contributed by atoms with Gasteiger partial charge in [-0.05, 0) is 44.9 Å². The topological polar surface area (TPSA) is 49.8 Å². The van der Waals surface area contributed by atoms with Gasteiger partial charge in [0.05, 0.1) is 12.2 Å². The van der Waals surface area contributed by atoms with Gasteiger partial charge in [-0.1, -0.05) is 55.5 Å².